The molecule has 1 aliphatic rings. The first-order valence-electron chi connectivity index (χ1n) is 8.13. The quantitative estimate of drug-likeness (QED) is 0.808. The highest BCUT2D eigenvalue weighted by Crippen LogP contribution is 2.22. The Hall–Kier alpha value is -1.89. The molecular formula is C16H26N4O3. The number of likely N-dealkylation sites (tertiary alicyclic amines) is 1. The molecule has 1 fully saturated rings. The van der Waals surface area contributed by atoms with E-state index >= 15 is 0 Å². The number of anilines is 1. The lowest BCUT2D eigenvalue weighted by atomic mass is 9.93. The van der Waals surface area contributed by atoms with Crippen molar-refractivity contribution in [3.63, 3.8) is 0 Å². The zero-order valence-electron chi connectivity index (χ0n) is 14.3. The Kier molecular flexibility index (Phi) is 5.09. The number of aromatic nitrogens is 2. The van der Waals surface area contributed by atoms with Gasteiger partial charge in [-0.25, -0.2) is 4.79 Å². The van der Waals surface area contributed by atoms with Crippen molar-refractivity contribution in [3.8, 4) is 0 Å². The Bertz CT molecular complexity index is 719. The van der Waals surface area contributed by atoms with Crippen molar-refractivity contribution in [2.45, 2.75) is 39.2 Å². The van der Waals surface area contributed by atoms with Crippen LogP contribution in [0.3, 0.4) is 0 Å². The summed E-state index contributed by atoms with van der Waals surface area (Å²) in [5.74, 6) is 0.216. The van der Waals surface area contributed by atoms with Crippen LogP contribution in [0.25, 0.3) is 0 Å². The van der Waals surface area contributed by atoms with Crippen molar-refractivity contribution in [2.24, 2.45) is 20.0 Å². The molecule has 7 heteroatoms. The minimum absolute atomic E-state index is 0.0565. The summed E-state index contributed by atoms with van der Waals surface area (Å²) in [6.45, 7) is 5.66. The van der Waals surface area contributed by atoms with Crippen LogP contribution in [0.2, 0.25) is 0 Å². The Morgan fingerprint density at radius 1 is 1.30 bits per heavy atom. The first kappa shape index (κ1) is 17.5. The summed E-state index contributed by atoms with van der Waals surface area (Å²) in [5.41, 5.74) is 4.66. The normalized spacial score (nSPS) is 20.4. The van der Waals surface area contributed by atoms with Gasteiger partial charge in [0.05, 0.1) is 6.04 Å². The number of ketones is 1. The van der Waals surface area contributed by atoms with Gasteiger partial charge in [-0.15, -0.1) is 0 Å². The molecule has 0 radical (unpaired) electrons. The number of carbonyl (C=O) groups excluding carboxylic acids is 1. The van der Waals surface area contributed by atoms with Gasteiger partial charge in [0.15, 0.2) is 5.78 Å². The Morgan fingerprint density at radius 2 is 1.96 bits per heavy atom. The maximum atomic E-state index is 12.8. The van der Waals surface area contributed by atoms with Crippen molar-refractivity contribution in [1.82, 2.24) is 14.0 Å². The van der Waals surface area contributed by atoms with Crippen LogP contribution in [0.15, 0.2) is 9.59 Å². The summed E-state index contributed by atoms with van der Waals surface area (Å²) in [6.07, 6.45) is 3.32. The highest BCUT2D eigenvalue weighted by atomic mass is 16.2. The van der Waals surface area contributed by atoms with E-state index in [0.29, 0.717) is 5.92 Å². The minimum Gasteiger partial charge on any atom is -0.384 e. The molecule has 1 aromatic rings. The molecule has 0 amide bonds. The van der Waals surface area contributed by atoms with Crippen LogP contribution in [0.5, 0.6) is 0 Å². The fraction of sp³-hybridized carbons (Fsp3) is 0.688. The van der Waals surface area contributed by atoms with Crippen molar-refractivity contribution in [2.75, 3.05) is 18.8 Å². The van der Waals surface area contributed by atoms with E-state index in [2.05, 4.69) is 11.8 Å². The lowest BCUT2D eigenvalue weighted by molar-refractivity contribution is 0.0747. The van der Waals surface area contributed by atoms with Crippen molar-refractivity contribution < 1.29 is 4.79 Å². The smallest absolute Gasteiger partial charge is 0.332 e. The van der Waals surface area contributed by atoms with Gasteiger partial charge in [0.25, 0.3) is 5.56 Å². The third-order valence-corrected chi connectivity index (χ3v) is 5.01. The lowest BCUT2D eigenvalue weighted by Crippen LogP contribution is -2.48. The second kappa shape index (κ2) is 6.70. The Labute approximate surface area is 135 Å². The molecule has 128 valence electrons. The molecule has 2 atom stereocenters. The molecule has 0 bridgehead atoms. The molecule has 1 aromatic heterocycles. The second-order valence-corrected chi connectivity index (χ2v) is 6.42. The standard InChI is InChI=1S/C16H26N4O3/c1-5-11-7-6-8-20(9-11)10(2)13(21)12-14(17)18(3)16(23)19(4)15(12)22/h10-11H,5-9,17H2,1-4H3/t10-,11+/m1/s1. The summed E-state index contributed by atoms with van der Waals surface area (Å²) in [6, 6.07) is -0.420. The molecule has 0 saturated carbocycles. The average Bonchev–Trinajstić information content (AvgIpc) is 2.57. The first-order chi connectivity index (χ1) is 10.8. The third-order valence-electron chi connectivity index (χ3n) is 5.01. The minimum atomic E-state index is -0.619. The number of nitrogen functional groups attached to an aromatic ring is 1. The van der Waals surface area contributed by atoms with Gasteiger partial charge in [-0.05, 0) is 32.2 Å². The fourth-order valence-electron chi connectivity index (χ4n) is 3.25. The van der Waals surface area contributed by atoms with Gasteiger partial charge in [-0.3, -0.25) is 23.6 Å². The largest absolute Gasteiger partial charge is 0.384 e. The van der Waals surface area contributed by atoms with Gasteiger partial charge in [0.2, 0.25) is 0 Å². The van der Waals surface area contributed by atoms with Crippen LogP contribution in [0.1, 0.15) is 43.5 Å². The van der Waals surface area contributed by atoms with E-state index in [0.717, 1.165) is 35.1 Å². The van der Waals surface area contributed by atoms with Crippen molar-refractivity contribution in [1.29, 1.82) is 0 Å². The van der Waals surface area contributed by atoms with Gasteiger partial charge in [-0.1, -0.05) is 13.3 Å². The molecule has 0 spiro atoms. The number of nitrogens with zero attached hydrogens (tertiary/aromatic N) is 3. The number of carbonyl (C=O) groups is 1. The summed E-state index contributed by atoms with van der Waals surface area (Å²) in [5, 5.41) is 0. The highest BCUT2D eigenvalue weighted by molar-refractivity contribution is 6.03. The van der Waals surface area contributed by atoms with Gasteiger partial charge in [0, 0.05) is 20.6 Å². The Balaban J connectivity index is 2.37. The van der Waals surface area contributed by atoms with E-state index in [9.17, 15) is 14.4 Å². The van der Waals surface area contributed by atoms with E-state index in [1.165, 1.54) is 20.5 Å². The SMILES string of the molecule is CC[C@H]1CCCN([C@H](C)C(=O)c2c(N)n(C)c(=O)n(C)c2=O)C1. The predicted octanol–water partition coefficient (Wildman–Crippen LogP) is 0.359. The highest BCUT2D eigenvalue weighted by Gasteiger charge is 2.31. The summed E-state index contributed by atoms with van der Waals surface area (Å²) in [4.78, 5) is 39.2. The molecule has 2 rings (SSSR count). The van der Waals surface area contributed by atoms with Crippen molar-refractivity contribution in [3.05, 3.63) is 26.4 Å². The summed E-state index contributed by atoms with van der Waals surface area (Å²) >= 11 is 0. The van der Waals surface area contributed by atoms with Crippen LogP contribution in [-0.2, 0) is 14.1 Å². The molecule has 7 nitrogen and oxygen atoms in total. The van der Waals surface area contributed by atoms with Crippen molar-refractivity contribution >= 4 is 11.6 Å². The number of Topliss-reactive ketones (excluding diaryl/α,β-unsaturated/α-hetero) is 1. The molecule has 23 heavy (non-hydrogen) atoms. The predicted molar refractivity (Wildman–Crippen MR) is 89.7 cm³/mol. The van der Waals surface area contributed by atoms with E-state index in [1.807, 2.05) is 6.92 Å². The maximum absolute atomic E-state index is 12.8. The maximum Gasteiger partial charge on any atom is 0.332 e. The monoisotopic (exact) mass is 322 g/mol. The zero-order valence-corrected chi connectivity index (χ0v) is 14.3. The Morgan fingerprint density at radius 3 is 2.57 bits per heavy atom. The zero-order chi connectivity index (χ0) is 17.3. The first-order valence-corrected chi connectivity index (χ1v) is 8.13. The fourth-order valence-corrected chi connectivity index (χ4v) is 3.25. The van der Waals surface area contributed by atoms with Crippen LogP contribution >= 0.6 is 0 Å². The molecule has 2 heterocycles. The number of rotatable bonds is 4. The van der Waals surface area contributed by atoms with Gasteiger partial charge in [0.1, 0.15) is 11.4 Å². The van der Waals surface area contributed by atoms with Crippen LogP contribution < -0.4 is 17.0 Å². The van der Waals surface area contributed by atoms with E-state index in [-0.39, 0.29) is 17.2 Å². The van der Waals surface area contributed by atoms with Gasteiger partial charge in [-0.2, -0.15) is 0 Å². The van der Waals surface area contributed by atoms with Gasteiger partial charge >= 0.3 is 5.69 Å². The van der Waals surface area contributed by atoms with E-state index < -0.39 is 17.3 Å². The second-order valence-electron chi connectivity index (χ2n) is 6.42. The molecular weight excluding hydrogens is 296 g/mol. The van der Waals surface area contributed by atoms with Crippen LogP contribution in [0.4, 0.5) is 5.82 Å². The van der Waals surface area contributed by atoms with Crippen LogP contribution in [-0.4, -0.2) is 38.9 Å². The molecule has 0 aliphatic carbocycles. The molecule has 0 unspecified atom stereocenters. The van der Waals surface area contributed by atoms with E-state index in [1.54, 1.807) is 0 Å². The van der Waals surface area contributed by atoms with Crippen LogP contribution in [0, 0.1) is 5.92 Å². The van der Waals surface area contributed by atoms with E-state index in [4.69, 9.17) is 5.73 Å². The number of hydrogen-bond acceptors (Lipinski definition) is 5. The third kappa shape index (κ3) is 3.10. The molecule has 1 saturated heterocycles. The summed E-state index contributed by atoms with van der Waals surface area (Å²) < 4.78 is 2.08. The molecule has 0 aromatic carbocycles. The van der Waals surface area contributed by atoms with Gasteiger partial charge < -0.3 is 5.73 Å². The number of nitrogens with two attached hydrogens (primary N) is 1. The number of hydrogen-bond donors (Lipinski definition) is 1. The molecule has 2 N–H and O–H groups in total. The number of piperidine rings is 1. The topological polar surface area (TPSA) is 90.3 Å². The average molecular weight is 322 g/mol. The lowest BCUT2D eigenvalue weighted by Gasteiger charge is -2.35. The summed E-state index contributed by atoms with van der Waals surface area (Å²) in [7, 11) is 2.83. The molecule has 1 aliphatic heterocycles.